The van der Waals surface area contributed by atoms with E-state index in [-0.39, 0.29) is 54.1 Å². The third kappa shape index (κ3) is 14.7. The number of nitrogens with two attached hydrogens (primary N) is 1. The molecule has 0 unspecified atom stereocenters. The first-order chi connectivity index (χ1) is 27.3. The number of rotatable bonds is 19. The van der Waals surface area contributed by atoms with E-state index in [2.05, 4.69) is 26.1 Å². The van der Waals surface area contributed by atoms with Crippen LogP contribution in [-0.2, 0) is 30.5 Å². The summed E-state index contributed by atoms with van der Waals surface area (Å²) >= 11 is 1.55. The average Bonchev–Trinajstić information content (AvgIpc) is 3.70. The quantitative estimate of drug-likeness (QED) is 0.0684. The van der Waals surface area contributed by atoms with Crippen LogP contribution >= 0.6 is 11.8 Å². The number of nitrogens with one attached hydrogen (secondary N) is 1. The highest BCUT2D eigenvalue weighted by Gasteiger charge is 2.38. The van der Waals surface area contributed by atoms with Crippen molar-refractivity contribution in [2.24, 2.45) is 11.1 Å². The number of carboxylic acid groups (broad SMARTS) is 1. The molecule has 3 aromatic rings. The van der Waals surface area contributed by atoms with Crippen LogP contribution in [-0.4, -0.2) is 92.9 Å². The third-order valence-electron chi connectivity index (χ3n) is 8.92. The number of aliphatic carboxylic acids is 1. The fraction of sp³-hybridized carbons (Fsp3) is 0.439. The Bertz CT molecular complexity index is 1880. The number of hydrogen-bond donors (Lipinski definition) is 3. The van der Waals surface area contributed by atoms with Gasteiger partial charge in [0.05, 0.1) is 11.8 Å². The van der Waals surface area contributed by atoms with Gasteiger partial charge in [-0.15, -0.1) is 0 Å². The molecule has 0 aliphatic carbocycles. The SMILES string of the molecule is CC(C)(C)[C@H](c1cc(-c2cc(F)ccc2F)cn1Cc1ccccc1)N(CCCN)C(=O)CSCCCCCC(=O)NCCN1C(=O)C=CC1=O.O=C(O)C(F)(F)F. The zero-order chi connectivity index (χ0) is 43.0. The van der Waals surface area contributed by atoms with Crippen molar-refractivity contribution in [3.05, 3.63) is 95.8 Å². The first-order valence-corrected chi connectivity index (χ1v) is 19.9. The fourth-order valence-corrected chi connectivity index (χ4v) is 7.12. The van der Waals surface area contributed by atoms with Crippen molar-refractivity contribution in [2.45, 2.75) is 71.6 Å². The zero-order valence-electron chi connectivity index (χ0n) is 32.7. The Labute approximate surface area is 338 Å². The summed E-state index contributed by atoms with van der Waals surface area (Å²) in [6.07, 6.45) is 2.48. The molecule has 0 bridgehead atoms. The topological polar surface area (TPSA) is 155 Å². The lowest BCUT2D eigenvalue weighted by Crippen LogP contribution is -2.44. The molecule has 1 aliphatic rings. The molecule has 11 nitrogen and oxygen atoms in total. The monoisotopic (exact) mass is 835 g/mol. The molecular formula is C41H50F5N5O6S. The Kier molecular flexibility index (Phi) is 18.1. The van der Waals surface area contributed by atoms with Gasteiger partial charge in [0, 0.05) is 67.8 Å². The minimum absolute atomic E-state index is 0.0242. The number of carbonyl (C=O) groups is 5. The number of halogens is 5. The minimum Gasteiger partial charge on any atom is -0.475 e. The van der Waals surface area contributed by atoms with Gasteiger partial charge in [-0.2, -0.15) is 24.9 Å². The molecule has 2 heterocycles. The minimum atomic E-state index is -5.08. The highest BCUT2D eigenvalue weighted by Crippen LogP contribution is 2.41. The maximum absolute atomic E-state index is 15.0. The molecule has 2 aromatic carbocycles. The van der Waals surface area contributed by atoms with Gasteiger partial charge in [-0.1, -0.05) is 57.5 Å². The molecule has 4 N–H and O–H groups in total. The highest BCUT2D eigenvalue weighted by atomic mass is 32.2. The van der Waals surface area contributed by atoms with Gasteiger partial charge in [0.1, 0.15) is 11.6 Å². The van der Waals surface area contributed by atoms with E-state index in [0.717, 1.165) is 46.9 Å². The van der Waals surface area contributed by atoms with E-state index < -0.39 is 29.2 Å². The predicted octanol–water partition coefficient (Wildman–Crippen LogP) is 6.71. The van der Waals surface area contributed by atoms with Crippen LogP contribution in [0.15, 0.2) is 72.9 Å². The Morgan fingerprint density at radius 1 is 0.931 bits per heavy atom. The number of carbonyl (C=O) groups excluding carboxylic acids is 4. The van der Waals surface area contributed by atoms with E-state index in [0.29, 0.717) is 44.5 Å². The Morgan fingerprint density at radius 2 is 1.59 bits per heavy atom. The van der Waals surface area contributed by atoms with Gasteiger partial charge in [0.2, 0.25) is 11.8 Å². The molecule has 1 aromatic heterocycles. The van der Waals surface area contributed by atoms with Crippen LogP contribution in [0.4, 0.5) is 22.0 Å². The van der Waals surface area contributed by atoms with Crippen LogP contribution in [0, 0.1) is 17.0 Å². The van der Waals surface area contributed by atoms with Crippen molar-refractivity contribution in [1.82, 2.24) is 19.7 Å². The number of alkyl halides is 3. The van der Waals surface area contributed by atoms with Crippen molar-refractivity contribution in [3.8, 4) is 11.1 Å². The molecule has 0 saturated carbocycles. The van der Waals surface area contributed by atoms with E-state index in [1.54, 1.807) is 11.8 Å². The largest absolute Gasteiger partial charge is 0.490 e. The van der Waals surface area contributed by atoms with Crippen molar-refractivity contribution in [1.29, 1.82) is 0 Å². The Hall–Kier alpha value is -5.03. The summed E-state index contributed by atoms with van der Waals surface area (Å²) in [6, 6.07) is 14.8. The smallest absolute Gasteiger partial charge is 0.475 e. The van der Waals surface area contributed by atoms with Gasteiger partial charge in [0.15, 0.2) is 0 Å². The second kappa shape index (κ2) is 22.2. The molecule has 0 radical (unpaired) electrons. The molecule has 4 amide bonds. The lowest BCUT2D eigenvalue weighted by Gasteiger charge is -2.41. The standard InChI is InChI=1S/C39H49F2N5O4S.C2HF3O2/c1-39(2,3)38(33-23-29(31-24-30(40)14-15-32(31)41)26-44(33)25-28-11-6-4-7-12-28)46(20-10-18-42)37(50)27-51-22-9-5-8-13-34(47)43-19-21-45-35(48)16-17-36(45)49;3-2(4,5)1(6)7/h4,6-7,11-12,14-17,23-24,26,38H,5,8-10,13,18-22,25,27,42H2,1-3H3,(H,43,47);(H,6,7)/t38-;/m0./s1. The summed E-state index contributed by atoms with van der Waals surface area (Å²) in [4.78, 5) is 61.3. The van der Waals surface area contributed by atoms with E-state index >= 15 is 4.39 Å². The van der Waals surface area contributed by atoms with Gasteiger partial charge in [-0.05, 0) is 66.8 Å². The van der Waals surface area contributed by atoms with Gasteiger partial charge < -0.3 is 25.6 Å². The molecule has 0 spiro atoms. The summed E-state index contributed by atoms with van der Waals surface area (Å²) in [7, 11) is 0. The number of imide groups is 1. The Morgan fingerprint density at radius 3 is 2.19 bits per heavy atom. The van der Waals surface area contributed by atoms with Gasteiger partial charge in [-0.25, -0.2) is 13.6 Å². The number of aromatic nitrogens is 1. The number of amides is 4. The molecule has 0 saturated heterocycles. The molecule has 0 fully saturated rings. The summed E-state index contributed by atoms with van der Waals surface area (Å²) < 4.78 is 63.1. The molecule has 4 rings (SSSR count). The number of carboxylic acids is 1. The van der Waals surface area contributed by atoms with Crippen LogP contribution in [0.2, 0.25) is 0 Å². The second-order valence-electron chi connectivity index (χ2n) is 14.6. The average molecular weight is 836 g/mol. The maximum Gasteiger partial charge on any atom is 0.490 e. The third-order valence-corrected chi connectivity index (χ3v) is 9.95. The van der Waals surface area contributed by atoms with E-state index in [9.17, 15) is 36.7 Å². The van der Waals surface area contributed by atoms with E-state index in [1.807, 2.05) is 52.1 Å². The molecule has 1 aliphatic heterocycles. The number of thioether (sulfide) groups is 1. The van der Waals surface area contributed by atoms with Gasteiger partial charge >= 0.3 is 12.1 Å². The summed E-state index contributed by atoms with van der Waals surface area (Å²) in [5.41, 5.74) is 8.08. The predicted molar refractivity (Wildman–Crippen MR) is 211 cm³/mol. The van der Waals surface area contributed by atoms with Crippen molar-refractivity contribution < 1.29 is 51.0 Å². The van der Waals surface area contributed by atoms with Crippen molar-refractivity contribution >= 4 is 41.4 Å². The maximum atomic E-state index is 15.0. The molecule has 17 heteroatoms. The molecular weight excluding hydrogens is 786 g/mol. The highest BCUT2D eigenvalue weighted by molar-refractivity contribution is 7.99. The number of unbranched alkanes of at least 4 members (excludes halogenated alkanes) is 2. The van der Waals surface area contributed by atoms with Crippen LogP contribution in [0.25, 0.3) is 11.1 Å². The molecule has 1 atom stereocenters. The zero-order valence-corrected chi connectivity index (χ0v) is 33.5. The number of nitrogens with zero attached hydrogens (tertiary/aromatic N) is 3. The fourth-order valence-electron chi connectivity index (χ4n) is 6.23. The van der Waals surface area contributed by atoms with Crippen LogP contribution < -0.4 is 11.1 Å². The van der Waals surface area contributed by atoms with Gasteiger partial charge in [-0.3, -0.25) is 24.1 Å². The lowest BCUT2D eigenvalue weighted by atomic mass is 9.83. The molecule has 316 valence electrons. The molecule has 58 heavy (non-hydrogen) atoms. The lowest BCUT2D eigenvalue weighted by molar-refractivity contribution is -0.192. The number of benzene rings is 2. The van der Waals surface area contributed by atoms with Crippen LogP contribution in [0.1, 0.15) is 70.2 Å². The van der Waals surface area contributed by atoms with Crippen molar-refractivity contribution in [3.63, 3.8) is 0 Å². The number of hydrogen-bond acceptors (Lipinski definition) is 7. The summed E-state index contributed by atoms with van der Waals surface area (Å²) in [5, 5.41) is 9.88. The normalized spacial score (nSPS) is 13.3. The first-order valence-electron chi connectivity index (χ1n) is 18.7. The summed E-state index contributed by atoms with van der Waals surface area (Å²) in [6.45, 7) is 7.94. The van der Waals surface area contributed by atoms with Crippen molar-refractivity contribution in [2.75, 3.05) is 37.7 Å². The first kappa shape index (κ1) is 47.3. The van der Waals surface area contributed by atoms with Crippen LogP contribution in [0.5, 0.6) is 0 Å². The van der Waals surface area contributed by atoms with E-state index in [4.69, 9.17) is 15.6 Å². The second-order valence-corrected chi connectivity index (χ2v) is 15.7. The Balaban J connectivity index is 0.00000117. The van der Waals surface area contributed by atoms with Gasteiger partial charge in [0.25, 0.3) is 11.8 Å². The summed E-state index contributed by atoms with van der Waals surface area (Å²) in [5.74, 6) is -3.68. The van der Waals surface area contributed by atoms with Crippen LogP contribution in [0.3, 0.4) is 0 Å². The van der Waals surface area contributed by atoms with E-state index in [1.165, 1.54) is 18.2 Å².